The van der Waals surface area contributed by atoms with Crippen LogP contribution in [0.2, 0.25) is 0 Å². The minimum atomic E-state index is -0.755. The maximum atomic E-state index is 11.9. The summed E-state index contributed by atoms with van der Waals surface area (Å²) in [5.74, 6) is 0. The molecule has 1 aliphatic carbocycles. The van der Waals surface area contributed by atoms with Crippen LogP contribution in [0.3, 0.4) is 0 Å². The largest absolute Gasteiger partial charge is 0.309 e. The van der Waals surface area contributed by atoms with E-state index in [0.717, 1.165) is 25.8 Å². The van der Waals surface area contributed by atoms with Crippen LogP contribution in [0.4, 0.5) is 0 Å². The van der Waals surface area contributed by atoms with Gasteiger partial charge in [0.25, 0.3) is 0 Å². The molecule has 0 saturated heterocycles. The molecule has 3 heteroatoms. The summed E-state index contributed by atoms with van der Waals surface area (Å²) in [5.41, 5.74) is 2.77. The lowest BCUT2D eigenvalue weighted by Crippen LogP contribution is -2.38. The molecule has 0 saturated carbocycles. The lowest BCUT2D eigenvalue weighted by atomic mass is 9.87. The van der Waals surface area contributed by atoms with Gasteiger partial charge < -0.3 is 5.32 Å². The van der Waals surface area contributed by atoms with Gasteiger partial charge in [0.1, 0.15) is 0 Å². The lowest BCUT2D eigenvalue weighted by Gasteiger charge is -2.33. The Morgan fingerprint density at radius 2 is 2.18 bits per heavy atom. The van der Waals surface area contributed by atoms with E-state index >= 15 is 0 Å². The summed E-state index contributed by atoms with van der Waals surface area (Å²) in [6.07, 6.45) is 5.03. The standard InChI is InChI=1S/C14H21NOS/c1-3-10-15-14-12-7-5-4-6-11(12)8-9-13(14)17(2)16/h4-7,13-15H,3,8-10H2,1-2H3. The summed E-state index contributed by atoms with van der Waals surface area (Å²) in [4.78, 5) is 0. The Hall–Kier alpha value is -0.670. The Morgan fingerprint density at radius 3 is 2.88 bits per heavy atom. The van der Waals surface area contributed by atoms with E-state index in [-0.39, 0.29) is 11.3 Å². The van der Waals surface area contributed by atoms with Crippen molar-refractivity contribution < 1.29 is 4.21 Å². The van der Waals surface area contributed by atoms with Crippen molar-refractivity contribution in [1.82, 2.24) is 5.32 Å². The zero-order valence-corrected chi connectivity index (χ0v) is 11.4. The van der Waals surface area contributed by atoms with E-state index in [0.29, 0.717) is 0 Å². The fourth-order valence-corrected chi connectivity index (χ4v) is 3.70. The molecule has 2 rings (SSSR count). The number of nitrogens with one attached hydrogen (secondary N) is 1. The van der Waals surface area contributed by atoms with Crippen molar-refractivity contribution in [3.8, 4) is 0 Å². The summed E-state index contributed by atoms with van der Waals surface area (Å²) in [6.45, 7) is 3.16. The first kappa shape index (κ1) is 12.8. The van der Waals surface area contributed by atoms with Gasteiger partial charge in [-0.25, -0.2) is 0 Å². The molecule has 0 heterocycles. The van der Waals surface area contributed by atoms with Crippen molar-refractivity contribution in [3.63, 3.8) is 0 Å². The van der Waals surface area contributed by atoms with Crippen LogP contribution in [-0.2, 0) is 17.2 Å². The third kappa shape index (κ3) is 2.78. The molecule has 0 aliphatic heterocycles. The van der Waals surface area contributed by atoms with E-state index in [1.807, 2.05) is 6.26 Å². The van der Waals surface area contributed by atoms with Crippen molar-refractivity contribution in [3.05, 3.63) is 35.4 Å². The van der Waals surface area contributed by atoms with Gasteiger partial charge in [-0.3, -0.25) is 4.21 Å². The molecule has 0 spiro atoms. The number of hydrogen-bond acceptors (Lipinski definition) is 2. The van der Waals surface area contributed by atoms with Gasteiger partial charge >= 0.3 is 0 Å². The number of fused-ring (bicyclic) bond motifs is 1. The maximum Gasteiger partial charge on any atom is 0.0543 e. The molecule has 3 unspecified atom stereocenters. The molecule has 0 radical (unpaired) electrons. The molecule has 1 aromatic rings. The van der Waals surface area contributed by atoms with Crippen molar-refractivity contribution in [2.24, 2.45) is 0 Å². The zero-order chi connectivity index (χ0) is 12.3. The maximum absolute atomic E-state index is 11.9. The van der Waals surface area contributed by atoms with E-state index in [4.69, 9.17) is 0 Å². The minimum absolute atomic E-state index is 0.261. The van der Waals surface area contributed by atoms with Gasteiger partial charge in [0, 0.05) is 23.1 Å². The minimum Gasteiger partial charge on any atom is -0.309 e. The molecule has 17 heavy (non-hydrogen) atoms. The molecule has 0 fully saturated rings. The van der Waals surface area contributed by atoms with Gasteiger partial charge in [0.15, 0.2) is 0 Å². The molecule has 2 nitrogen and oxygen atoms in total. The fraction of sp³-hybridized carbons (Fsp3) is 0.571. The van der Waals surface area contributed by atoms with Crippen LogP contribution in [0.15, 0.2) is 24.3 Å². The SMILES string of the molecule is CCCNC1c2ccccc2CCC1S(C)=O. The third-order valence-corrected chi connectivity index (χ3v) is 4.86. The van der Waals surface area contributed by atoms with Crippen molar-refractivity contribution >= 4 is 10.8 Å². The molecule has 1 aliphatic rings. The number of benzene rings is 1. The van der Waals surface area contributed by atoms with Crippen LogP contribution in [0, 0.1) is 0 Å². The molecule has 0 amide bonds. The zero-order valence-electron chi connectivity index (χ0n) is 10.6. The molecule has 94 valence electrons. The first-order chi connectivity index (χ1) is 8.24. The van der Waals surface area contributed by atoms with Crippen LogP contribution in [0.5, 0.6) is 0 Å². The van der Waals surface area contributed by atoms with Gasteiger partial charge in [-0.2, -0.15) is 0 Å². The summed E-state index contributed by atoms with van der Waals surface area (Å²) < 4.78 is 11.9. The highest BCUT2D eigenvalue weighted by atomic mass is 32.2. The van der Waals surface area contributed by atoms with Gasteiger partial charge in [-0.1, -0.05) is 31.2 Å². The topological polar surface area (TPSA) is 29.1 Å². The van der Waals surface area contributed by atoms with Gasteiger partial charge in [-0.05, 0) is 36.9 Å². The molecular formula is C14H21NOS. The molecule has 1 N–H and O–H groups in total. The quantitative estimate of drug-likeness (QED) is 0.890. The van der Waals surface area contributed by atoms with E-state index in [1.165, 1.54) is 11.1 Å². The predicted octanol–water partition coefficient (Wildman–Crippen LogP) is 2.42. The Balaban J connectivity index is 2.28. The Kier molecular flexibility index (Phi) is 4.35. The first-order valence-electron chi connectivity index (χ1n) is 6.37. The van der Waals surface area contributed by atoms with E-state index < -0.39 is 10.8 Å². The predicted molar refractivity (Wildman–Crippen MR) is 73.7 cm³/mol. The van der Waals surface area contributed by atoms with Crippen LogP contribution in [-0.4, -0.2) is 22.3 Å². The Labute approximate surface area is 106 Å². The molecule has 0 aromatic heterocycles. The fourth-order valence-electron chi connectivity index (χ4n) is 2.63. The summed E-state index contributed by atoms with van der Waals surface area (Å²) in [7, 11) is -0.755. The van der Waals surface area contributed by atoms with Crippen molar-refractivity contribution in [2.75, 3.05) is 12.8 Å². The third-order valence-electron chi connectivity index (χ3n) is 3.50. The average molecular weight is 251 g/mol. The number of rotatable bonds is 4. The normalized spacial score (nSPS) is 25.3. The first-order valence-corrected chi connectivity index (χ1v) is 7.99. The monoisotopic (exact) mass is 251 g/mol. The molecule has 1 aromatic carbocycles. The Bertz CT molecular complexity index is 405. The van der Waals surface area contributed by atoms with Gasteiger partial charge in [-0.15, -0.1) is 0 Å². The highest BCUT2D eigenvalue weighted by molar-refractivity contribution is 7.84. The number of hydrogen-bond donors (Lipinski definition) is 1. The number of aryl methyl sites for hydroxylation is 1. The second-order valence-corrected chi connectivity index (χ2v) is 6.31. The summed E-state index contributed by atoms with van der Waals surface area (Å²) >= 11 is 0. The van der Waals surface area contributed by atoms with E-state index in [9.17, 15) is 4.21 Å². The average Bonchev–Trinajstić information content (AvgIpc) is 2.35. The van der Waals surface area contributed by atoms with Crippen LogP contribution in [0.1, 0.15) is 36.9 Å². The van der Waals surface area contributed by atoms with Crippen LogP contribution >= 0.6 is 0 Å². The molecular weight excluding hydrogens is 230 g/mol. The second kappa shape index (κ2) is 5.78. The van der Waals surface area contributed by atoms with E-state index in [1.54, 1.807) is 0 Å². The van der Waals surface area contributed by atoms with Crippen molar-refractivity contribution in [2.45, 2.75) is 37.5 Å². The van der Waals surface area contributed by atoms with Gasteiger partial charge in [0.05, 0.1) is 5.25 Å². The summed E-state index contributed by atoms with van der Waals surface area (Å²) in [6, 6.07) is 8.83. The van der Waals surface area contributed by atoms with Crippen LogP contribution < -0.4 is 5.32 Å². The Morgan fingerprint density at radius 1 is 1.41 bits per heavy atom. The van der Waals surface area contributed by atoms with Gasteiger partial charge in [0.2, 0.25) is 0 Å². The van der Waals surface area contributed by atoms with Crippen LogP contribution in [0.25, 0.3) is 0 Å². The lowest BCUT2D eigenvalue weighted by molar-refractivity contribution is 0.464. The highest BCUT2D eigenvalue weighted by Gasteiger charge is 2.31. The highest BCUT2D eigenvalue weighted by Crippen LogP contribution is 2.32. The smallest absolute Gasteiger partial charge is 0.0543 e. The second-order valence-electron chi connectivity index (χ2n) is 4.71. The molecule has 0 bridgehead atoms. The van der Waals surface area contributed by atoms with Crippen molar-refractivity contribution in [1.29, 1.82) is 0 Å². The summed E-state index contributed by atoms with van der Waals surface area (Å²) in [5, 5.41) is 3.83. The van der Waals surface area contributed by atoms with E-state index in [2.05, 4.69) is 36.5 Å². The molecule has 3 atom stereocenters.